The first-order valence-electron chi connectivity index (χ1n) is 9.25. The van der Waals surface area contributed by atoms with E-state index < -0.39 is 27.7 Å². The van der Waals surface area contributed by atoms with Crippen LogP contribution in [-0.4, -0.2) is 27.0 Å². The third-order valence-electron chi connectivity index (χ3n) is 4.12. The average Bonchev–Trinajstić information content (AvgIpc) is 3.24. The molecule has 3 rings (SSSR count). The summed E-state index contributed by atoms with van der Waals surface area (Å²) in [5.74, 6) is -1.88. The van der Waals surface area contributed by atoms with Crippen molar-refractivity contribution < 1.29 is 26.7 Å². The smallest absolute Gasteiger partial charge is 0.271 e. The molecule has 0 saturated carbocycles. The van der Waals surface area contributed by atoms with E-state index in [1.165, 1.54) is 12.1 Å². The van der Waals surface area contributed by atoms with Crippen LogP contribution < -0.4 is 14.8 Å². The molecule has 0 aliphatic heterocycles. The Bertz CT molecular complexity index is 1130. The minimum atomic E-state index is -3.63. The Balaban J connectivity index is 1.48. The normalized spacial score (nSPS) is 12.2. The van der Waals surface area contributed by atoms with E-state index in [0.717, 1.165) is 23.5 Å². The van der Waals surface area contributed by atoms with Crippen molar-refractivity contribution in [1.29, 1.82) is 0 Å². The monoisotopic (exact) mass is 466 g/mol. The van der Waals surface area contributed by atoms with Crippen LogP contribution in [0.4, 0.5) is 14.5 Å². The zero-order chi connectivity index (χ0) is 22.4. The lowest BCUT2D eigenvalue weighted by atomic mass is 10.1. The van der Waals surface area contributed by atoms with Crippen LogP contribution in [-0.2, 0) is 21.2 Å². The highest BCUT2D eigenvalue weighted by Crippen LogP contribution is 2.21. The number of hydrogen-bond donors (Lipinski definition) is 2. The van der Waals surface area contributed by atoms with Gasteiger partial charge in [-0.1, -0.05) is 18.2 Å². The van der Waals surface area contributed by atoms with Crippen molar-refractivity contribution >= 4 is 33.0 Å². The van der Waals surface area contributed by atoms with Crippen molar-refractivity contribution in [3.8, 4) is 5.75 Å². The van der Waals surface area contributed by atoms with Gasteiger partial charge >= 0.3 is 0 Å². The van der Waals surface area contributed by atoms with E-state index in [-0.39, 0.29) is 28.9 Å². The number of carbonyl (C=O) groups excluding carboxylic acids is 1. The maximum Gasteiger partial charge on any atom is 0.271 e. The van der Waals surface area contributed by atoms with Crippen molar-refractivity contribution in [2.75, 3.05) is 11.3 Å². The molecular weight excluding hydrogens is 446 g/mol. The average molecular weight is 467 g/mol. The number of halogens is 2. The van der Waals surface area contributed by atoms with Crippen molar-refractivity contribution in [1.82, 2.24) is 5.32 Å². The molecule has 0 bridgehead atoms. The van der Waals surface area contributed by atoms with E-state index in [0.29, 0.717) is 11.3 Å². The van der Waals surface area contributed by atoms with Gasteiger partial charge in [-0.2, -0.15) is 0 Å². The molecule has 2 aromatic carbocycles. The molecule has 0 aliphatic carbocycles. The van der Waals surface area contributed by atoms with Crippen LogP contribution >= 0.6 is 11.3 Å². The quantitative estimate of drug-likeness (QED) is 0.500. The first kappa shape index (κ1) is 22.7. The lowest BCUT2D eigenvalue weighted by molar-refractivity contribution is -0.121. The van der Waals surface area contributed by atoms with Gasteiger partial charge in [-0.3, -0.25) is 9.52 Å². The number of benzene rings is 2. The molecule has 0 spiro atoms. The first-order valence-corrected chi connectivity index (χ1v) is 11.6. The fourth-order valence-electron chi connectivity index (χ4n) is 2.67. The maximum absolute atomic E-state index is 13.6. The molecule has 0 saturated heterocycles. The predicted octanol–water partition coefficient (Wildman–Crippen LogP) is 3.95. The van der Waals surface area contributed by atoms with Crippen molar-refractivity contribution in [2.45, 2.75) is 23.6 Å². The largest absolute Gasteiger partial charge is 0.488 e. The van der Waals surface area contributed by atoms with Crippen molar-refractivity contribution in [2.24, 2.45) is 0 Å². The molecule has 164 valence electrons. The maximum atomic E-state index is 13.6. The summed E-state index contributed by atoms with van der Waals surface area (Å²) in [6, 6.07) is 12.2. The summed E-state index contributed by atoms with van der Waals surface area (Å²) >= 11 is 1.12. The molecule has 10 heteroatoms. The second-order valence-corrected chi connectivity index (χ2v) is 9.62. The third kappa shape index (κ3) is 6.50. The molecule has 2 N–H and O–H groups in total. The molecule has 1 amide bonds. The summed E-state index contributed by atoms with van der Waals surface area (Å²) in [5.41, 5.74) is 1.08. The van der Waals surface area contributed by atoms with Gasteiger partial charge in [0.15, 0.2) is 11.6 Å². The SMILES string of the molecule is CC(COc1ccc(F)cc1F)NC(=O)Cc1ccc(NS(=O)(=O)c2cccs2)cc1. The standard InChI is InChI=1S/C21H20F2N2O4S2/c1-14(13-29-19-9-6-16(22)12-18(19)23)24-20(26)11-15-4-7-17(8-5-15)25-31(27,28)21-3-2-10-30-21/h2-10,12,14,25H,11,13H2,1H3,(H,24,26). The molecule has 1 unspecified atom stereocenters. The second kappa shape index (κ2) is 9.88. The van der Waals surface area contributed by atoms with Crippen LogP contribution in [0.15, 0.2) is 64.2 Å². The Labute approximate surface area is 182 Å². The Kier molecular flexibility index (Phi) is 7.24. The van der Waals surface area contributed by atoms with Gasteiger partial charge in [0.2, 0.25) is 5.91 Å². The zero-order valence-corrected chi connectivity index (χ0v) is 18.1. The molecule has 3 aromatic rings. The van der Waals surface area contributed by atoms with E-state index in [1.807, 2.05) is 0 Å². The van der Waals surface area contributed by atoms with Gasteiger partial charge in [-0.15, -0.1) is 11.3 Å². The molecular formula is C21H20F2N2O4S2. The van der Waals surface area contributed by atoms with Crippen molar-refractivity contribution in [3.05, 3.63) is 77.2 Å². The number of nitrogens with one attached hydrogen (secondary N) is 2. The van der Waals surface area contributed by atoms with E-state index >= 15 is 0 Å². The fourth-order valence-corrected chi connectivity index (χ4v) is 4.72. The minimum absolute atomic E-state index is 0.0116. The Morgan fingerprint density at radius 3 is 2.52 bits per heavy atom. The number of amides is 1. The summed E-state index contributed by atoms with van der Waals surface area (Å²) in [4.78, 5) is 12.2. The fraction of sp³-hybridized carbons (Fsp3) is 0.190. The third-order valence-corrected chi connectivity index (χ3v) is 6.90. The lowest BCUT2D eigenvalue weighted by Crippen LogP contribution is -2.37. The predicted molar refractivity (Wildman–Crippen MR) is 115 cm³/mol. The second-order valence-electron chi connectivity index (χ2n) is 6.77. The van der Waals surface area contributed by atoms with E-state index in [2.05, 4.69) is 10.0 Å². The van der Waals surface area contributed by atoms with Gasteiger partial charge < -0.3 is 10.1 Å². The molecule has 0 radical (unpaired) electrons. The summed E-state index contributed by atoms with van der Waals surface area (Å²) in [6.07, 6.45) is 0.0766. The van der Waals surface area contributed by atoms with Crippen molar-refractivity contribution in [3.63, 3.8) is 0 Å². The number of hydrogen-bond acceptors (Lipinski definition) is 5. The lowest BCUT2D eigenvalue weighted by Gasteiger charge is -2.15. The highest BCUT2D eigenvalue weighted by molar-refractivity contribution is 7.94. The van der Waals surface area contributed by atoms with E-state index in [1.54, 1.807) is 42.6 Å². The molecule has 0 aliphatic rings. The van der Waals surface area contributed by atoms with Gasteiger partial charge in [0.1, 0.15) is 16.6 Å². The van der Waals surface area contributed by atoms with Gasteiger partial charge in [0, 0.05) is 11.8 Å². The molecule has 0 fully saturated rings. The molecule has 1 aromatic heterocycles. The first-order chi connectivity index (χ1) is 14.7. The highest BCUT2D eigenvalue weighted by atomic mass is 32.2. The van der Waals surface area contributed by atoms with Gasteiger partial charge in [0.25, 0.3) is 10.0 Å². The molecule has 31 heavy (non-hydrogen) atoms. The van der Waals surface area contributed by atoms with E-state index in [4.69, 9.17) is 4.74 Å². The number of carbonyl (C=O) groups is 1. The van der Waals surface area contributed by atoms with Crippen LogP contribution in [0.5, 0.6) is 5.75 Å². The summed E-state index contributed by atoms with van der Waals surface area (Å²) in [5, 5.41) is 4.41. The number of ether oxygens (including phenoxy) is 1. The number of anilines is 1. The van der Waals surface area contributed by atoms with Crippen LogP contribution in [0.3, 0.4) is 0 Å². The van der Waals surface area contributed by atoms with Crippen LogP contribution in [0, 0.1) is 11.6 Å². The summed E-state index contributed by atoms with van der Waals surface area (Å²) in [6.45, 7) is 1.71. The number of thiophene rings is 1. The van der Waals surface area contributed by atoms with Crippen LogP contribution in [0.25, 0.3) is 0 Å². The van der Waals surface area contributed by atoms with E-state index in [9.17, 15) is 22.0 Å². The molecule has 1 atom stereocenters. The van der Waals surface area contributed by atoms with Gasteiger partial charge in [-0.05, 0) is 48.2 Å². The summed E-state index contributed by atoms with van der Waals surface area (Å²) in [7, 11) is -3.63. The van der Waals surface area contributed by atoms with Crippen LogP contribution in [0.1, 0.15) is 12.5 Å². The molecule has 6 nitrogen and oxygen atoms in total. The number of rotatable bonds is 9. The minimum Gasteiger partial charge on any atom is -0.488 e. The topological polar surface area (TPSA) is 84.5 Å². The highest BCUT2D eigenvalue weighted by Gasteiger charge is 2.15. The Morgan fingerprint density at radius 1 is 1.13 bits per heavy atom. The number of sulfonamides is 1. The zero-order valence-electron chi connectivity index (χ0n) is 16.5. The Hall–Kier alpha value is -2.98. The summed E-state index contributed by atoms with van der Waals surface area (Å²) < 4.78 is 58.9. The van der Waals surface area contributed by atoms with Crippen LogP contribution in [0.2, 0.25) is 0 Å². The Morgan fingerprint density at radius 2 is 1.87 bits per heavy atom. The molecule has 1 heterocycles. The van der Waals surface area contributed by atoms with Gasteiger partial charge in [-0.25, -0.2) is 17.2 Å². The van der Waals surface area contributed by atoms with Gasteiger partial charge in [0.05, 0.1) is 12.5 Å².